The largest absolute Gasteiger partial charge is 0.296 e. The molecule has 8 heteroatoms. The number of nitrogens with one attached hydrogen (secondary N) is 1. The van der Waals surface area contributed by atoms with E-state index in [1.165, 1.54) is 0 Å². The molecule has 1 aromatic heterocycles. The molecule has 2 aromatic carbocycles. The Morgan fingerprint density at radius 1 is 1.03 bits per heavy atom. The molecule has 0 radical (unpaired) electrons. The molecule has 162 valence electrons. The minimum atomic E-state index is -0.676. The van der Waals surface area contributed by atoms with Gasteiger partial charge in [-0.1, -0.05) is 55.6 Å². The molecule has 3 rings (SSSR count). The molecule has 0 aliphatic carbocycles. The van der Waals surface area contributed by atoms with Gasteiger partial charge in [0.1, 0.15) is 5.82 Å². The molecule has 5 nitrogen and oxygen atoms in total. The fourth-order valence-corrected chi connectivity index (χ4v) is 3.59. The molecular weight excluding hydrogens is 457 g/mol. The van der Waals surface area contributed by atoms with Crippen LogP contribution in [0.3, 0.4) is 0 Å². The van der Waals surface area contributed by atoms with Crippen molar-refractivity contribution >= 4 is 46.6 Å². The Morgan fingerprint density at radius 3 is 2.23 bits per heavy atom. The summed E-state index contributed by atoms with van der Waals surface area (Å²) in [5, 5.41) is 3.94. The first-order valence-corrected chi connectivity index (χ1v) is 10.8. The van der Waals surface area contributed by atoms with Gasteiger partial charge in [0, 0.05) is 26.7 Å². The zero-order valence-electron chi connectivity index (χ0n) is 17.6. The molecule has 0 spiro atoms. The maximum Gasteiger partial charge on any atom is 0.278 e. The van der Waals surface area contributed by atoms with Gasteiger partial charge in [-0.2, -0.15) is 0 Å². The van der Waals surface area contributed by atoms with E-state index in [-0.39, 0.29) is 11.6 Å². The van der Waals surface area contributed by atoms with Crippen molar-refractivity contribution in [2.45, 2.75) is 34.1 Å². The molecule has 31 heavy (non-hydrogen) atoms. The molecule has 0 saturated carbocycles. The van der Waals surface area contributed by atoms with Gasteiger partial charge in [-0.15, -0.1) is 0 Å². The second kappa shape index (κ2) is 9.03. The SMILES string of the molecule is CCC(C)(C)C(=O)NC(=O)c1nc(-c2ccc(Cl)cc2Cl)n(-c2ccc(Cl)cc2)c1C. The molecule has 0 saturated heterocycles. The number of hydrogen-bond donors (Lipinski definition) is 1. The molecule has 3 aromatic rings. The van der Waals surface area contributed by atoms with Crippen LogP contribution in [-0.2, 0) is 4.79 Å². The Hall–Kier alpha value is -2.34. The van der Waals surface area contributed by atoms with Gasteiger partial charge in [-0.05, 0) is 55.8 Å². The standard InChI is InChI=1S/C23H22Cl3N3O2/c1-5-23(3,4)22(31)28-21(30)19-13(2)29(16-9-6-14(24)7-10-16)20(27-19)17-11-8-15(25)12-18(17)26/h6-12H,5H2,1-4H3,(H,28,30,31). The van der Waals surface area contributed by atoms with Gasteiger partial charge in [-0.3, -0.25) is 19.5 Å². The van der Waals surface area contributed by atoms with Gasteiger partial charge >= 0.3 is 0 Å². The summed E-state index contributed by atoms with van der Waals surface area (Å²) in [6.45, 7) is 7.23. The van der Waals surface area contributed by atoms with E-state index in [0.29, 0.717) is 38.6 Å². The third-order valence-electron chi connectivity index (χ3n) is 5.31. The van der Waals surface area contributed by atoms with Crippen LogP contribution in [0.25, 0.3) is 17.1 Å². The number of hydrogen-bond acceptors (Lipinski definition) is 3. The Morgan fingerprint density at radius 2 is 1.65 bits per heavy atom. The zero-order chi connectivity index (χ0) is 22.9. The molecule has 0 unspecified atom stereocenters. The maximum atomic E-state index is 13.0. The summed E-state index contributed by atoms with van der Waals surface area (Å²) in [6.07, 6.45) is 0.593. The normalized spacial score (nSPS) is 11.5. The minimum absolute atomic E-state index is 0.135. The van der Waals surface area contributed by atoms with Gasteiger partial charge in [0.05, 0.1) is 10.7 Å². The second-order valence-corrected chi connectivity index (χ2v) is 9.11. The highest BCUT2D eigenvalue weighted by Crippen LogP contribution is 2.33. The van der Waals surface area contributed by atoms with Gasteiger partial charge in [0.2, 0.25) is 5.91 Å². The number of nitrogens with zero attached hydrogens (tertiary/aromatic N) is 2. The molecule has 0 aliphatic rings. The average molecular weight is 479 g/mol. The number of carbonyl (C=O) groups is 2. The number of amides is 2. The van der Waals surface area contributed by atoms with E-state index in [1.54, 1.807) is 55.7 Å². The first-order valence-electron chi connectivity index (χ1n) is 9.71. The highest BCUT2D eigenvalue weighted by molar-refractivity contribution is 6.36. The topological polar surface area (TPSA) is 64.0 Å². The summed E-state index contributed by atoms with van der Waals surface area (Å²) in [6, 6.07) is 12.2. The van der Waals surface area contributed by atoms with Crippen LogP contribution < -0.4 is 5.32 Å². The first kappa shape index (κ1) is 23.3. The lowest BCUT2D eigenvalue weighted by molar-refractivity contribution is -0.128. The second-order valence-electron chi connectivity index (χ2n) is 7.83. The summed E-state index contributed by atoms with van der Waals surface area (Å²) >= 11 is 18.5. The molecule has 0 bridgehead atoms. The molecule has 1 heterocycles. The molecule has 0 aliphatic heterocycles. The van der Waals surface area contributed by atoms with Crippen LogP contribution in [0.15, 0.2) is 42.5 Å². The Balaban J connectivity index is 2.15. The van der Waals surface area contributed by atoms with Crippen molar-refractivity contribution in [2.75, 3.05) is 0 Å². The first-order chi connectivity index (χ1) is 14.5. The van der Waals surface area contributed by atoms with Gasteiger partial charge in [-0.25, -0.2) is 4.98 Å². The molecule has 1 N–H and O–H groups in total. The summed E-state index contributed by atoms with van der Waals surface area (Å²) in [5.41, 5.74) is 1.36. The van der Waals surface area contributed by atoms with E-state index in [1.807, 2.05) is 19.1 Å². The molecule has 2 amide bonds. The van der Waals surface area contributed by atoms with Crippen molar-refractivity contribution in [1.29, 1.82) is 0 Å². The van der Waals surface area contributed by atoms with Crippen molar-refractivity contribution in [2.24, 2.45) is 5.41 Å². The predicted molar refractivity (Wildman–Crippen MR) is 125 cm³/mol. The van der Waals surface area contributed by atoms with E-state index in [4.69, 9.17) is 34.8 Å². The predicted octanol–water partition coefficient (Wildman–Crippen LogP) is 6.50. The number of imide groups is 1. The highest BCUT2D eigenvalue weighted by atomic mass is 35.5. The summed E-state index contributed by atoms with van der Waals surface area (Å²) < 4.78 is 1.80. The fraction of sp³-hybridized carbons (Fsp3) is 0.261. The van der Waals surface area contributed by atoms with E-state index in [2.05, 4.69) is 10.3 Å². The molecule has 0 fully saturated rings. The maximum absolute atomic E-state index is 13.0. The smallest absolute Gasteiger partial charge is 0.278 e. The van der Waals surface area contributed by atoms with E-state index in [9.17, 15) is 9.59 Å². The Bertz CT molecular complexity index is 1150. The third kappa shape index (κ3) is 4.79. The van der Waals surface area contributed by atoms with Crippen molar-refractivity contribution in [1.82, 2.24) is 14.9 Å². The monoisotopic (exact) mass is 477 g/mol. The average Bonchev–Trinajstić information content (AvgIpc) is 3.05. The third-order valence-corrected chi connectivity index (χ3v) is 6.10. The van der Waals surface area contributed by atoms with Crippen LogP contribution in [0.5, 0.6) is 0 Å². The van der Waals surface area contributed by atoms with E-state index < -0.39 is 11.3 Å². The lowest BCUT2D eigenvalue weighted by atomic mass is 9.89. The molecule has 0 atom stereocenters. The fourth-order valence-electron chi connectivity index (χ4n) is 2.97. The van der Waals surface area contributed by atoms with Crippen LogP contribution in [-0.4, -0.2) is 21.4 Å². The van der Waals surface area contributed by atoms with E-state index in [0.717, 1.165) is 5.69 Å². The lowest BCUT2D eigenvalue weighted by Gasteiger charge is -2.20. The van der Waals surface area contributed by atoms with Crippen molar-refractivity contribution < 1.29 is 9.59 Å². The number of halogens is 3. The van der Waals surface area contributed by atoms with Crippen molar-refractivity contribution in [3.8, 4) is 17.1 Å². The van der Waals surface area contributed by atoms with Gasteiger partial charge in [0.25, 0.3) is 5.91 Å². The summed E-state index contributed by atoms with van der Waals surface area (Å²) in [4.78, 5) is 30.1. The van der Waals surface area contributed by atoms with Gasteiger partial charge in [0.15, 0.2) is 5.69 Å². The van der Waals surface area contributed by atoms with Crippen LogP contribution in [0, 0.1) is 12.3 Å². The number of imidazole rings is 1. The van der Waals surface area contributed by atoms with Crippen LogP contribution in [0.2, 0.25) is 15.1 Å². The number of rotatable bonds is 5. The summed E-state index contributed by atoms with van der Waals surface area (Å²) in [5.74, 6) is -0.469. The van der Waals surface area contributed by atoms with Crippen molar-refractivity contribution in [3.63, 3.8) is 0 Å². The lowest BCUT2D eigenvalue weighted by Crippen LogP contribution is -2.40. The Kier molecular flexibility index (Phi) is 6.79. The van der Waals surface area contributed by atoms with Gasteiger partial charge < -0.3 is 0 Å². The number of benzene rings is 2. The quantitative estimate of drug-likeness (QED) is 0.455. The minimum Gasteiger partial charge on any atom is -0.296 e. The van der Waals surface area contributed by atoms with Crippen LogP contribution in [0.1, 0.15) is 43.4 Å². The van der Waals surface area contributed by atoms with E-state index >= 15 is 0 Å². The number of carbonyl (C=O) groups excluding carboxylic acids is 2. The zero-order valence-corrected chi connectivity index (χ0v) is 19.9. The molecular formula is C23H22Cl3N3O2. The summed E-state index contributed by atoms with van der Waals surface area (Å²) in [7, 11) is 0. The van der Waals surface area contributed by atoms with Crippen LogP contribution >= 0.6 is 34.8 Å². The number of aromatic nitrogens is 2. The van der Waals surface area contributed by atoms with Crippen LogP contribution in [0.4, 0.5) is 0 Å². The Labute approximate surface area is 196 Å². The highest BCUT2D eigenvalue weighted by Gasteiger charge is 2.30. The van der Waals surface area contributed by atoms with Crippen molar-refractivity contribution in [3.05, 3.63) is 68.9 Å².